The van der Waals surface area contributed by atoms with E-state index in [9.17, 15) is 4.79 Å². The van der Waals surface area contributed by atoms with E-state index in [1.807, 2.05) is 27.7 Å². The molecule has 0 saturated carbocycles. The highest BCUT2D eigenvalue weighted by molar-refractivity contribution is 7.86. The van der Waals surface area contributed by atoms with Crippen molar-refractivity contribution in [3.8, 4) is 0 Å². The monoisotopic (exact) mass is 209 g/mol. The van der Waals surface area contributed by atoms with Gasteiger partial charge in [0, 0.05) is 5.54 Å². The number of amides is 1. The molecule has 0 bridgehead atoms. The molecule has 2 nitrogen and oxygen atoms in total. The lowest BCUT2D eigenvalue weighted by atomic mass is 10.1. The van der Waals surface area contributed by atoms with Crippen molar-refractivity contribution in [1.29, 1.82) is 0 Å². The van der Waals surface area contributed by atoms with Crippen molar-refractivity contribution in [3.63, 3.8) is 0 Å². The van der Waals surface area contributed by atoms with Gasteiger partial charge in [-0.05, 0) is 27.7 Å². The van der Waals surface area contributed by atoms with Crippen LogP contribution in [0.4, 0.5) is 0 Å². The zero-order chi connectivity index (χ0) is 10.2. The van der Waals surface area contributed by atoms with Gasteiger partial charge in [-0.2, -0.15) is 0 Å². The fourth-order valence-electron chi connectivity index (χ4n) is 0.177. The van der Waals surface area contributed by atoms with E-state index in [1.165, 1.54) is 0 Å². The zero-order valence-electron chi connectivity index (χ0n) is 7.89. The second-order valence-electron chi connectivity index (χ2n) is 3.12. The van der Waals surface area contributed by atoms with Gasteiger partial charge in [0.05, 0.1) is 4.36 Å². The normalized spacial score (nSPS) is 11.3. The molecule has 0 spiro atoms. The number of carbonyl (C=O) groups excluding carboxylic acids is 1. The largest absolute Gasteiger partial charge is 0.354 e. The molecule has 1 amide bonds. The molecule has 0 aliphatic rings. The molecule has 0 aromatic heterocycles. The van der Waals surface area contributed by atoms with Gasteiger partial charge in [-0.1, -0.05) is 17.7 Å². The molecular weight excluding hydrogens is 194 g/mol. The van der Waals surface area contributed by atoms with E-state index >= 15 is 0 Å². The van der Waals surface area contributed by atoms with E-state index in [0.29, 0.717) is 10.8 Å². The maximum absolute atomic E-state index is 9.71. The Morgan fingerprint density at radius 3 is 1.83 bits per heavy atom. The van der Waals surface area contributed by atoms with Gasteiger partial charge >= 0.3 is 0 Å². The van der Waals surface area contributed by atoms with Crippen molar-refractivity contribution in [2.45, 2.75) is 33.2 Å². The molecule has 0 fully saturated rings. The Morgan fingerprint density at radius 1 is 1.50 bits per heavy atom. The topological polar surface area (TPSA) is 29.1 Å². The first-order chi connectivity index (χ1) is 5.33. The van der Waals surface area contributed by atoms with Gasteiger partial charge in [0.2, 0.25) is 6.41 Å². The summed E-state index contributed by atoms with van der Waals surface area (Å²) in [4.78, 5) is 9.71. The summed E-state index contributed by atoms with van der Waals surface area (Å²) in [6.45, 7) is 7.62. The van der Waals surface area contributed by atoms with Crippen LogP contribution in [0.1, 0.15) is 27.7 Å². The highest BCUT2D eigenvalue weighted by atomic mass is 35.5. The van der Waals surface area contributed by atoms with Crippen LogP contribution < -0.4 is 5.32 Å². The van der Waals surface area contributed by atoms with Crippen LogP contribution in [0.3, 0.4) is 0 Å². The Bertz CT molecular complexity index is 148. The lowest BCUT2D eigenvalue weighted by Crippen LogP contribution is -2.34. The van der Waals surface area contributed by atoms with Crippen molar-refractivity contribution in [2.75, 3.05) is 0 Å². The highest BCUT2D eigenvalue weighted by Crippen LogP contribution is 2.02. The van der Waals surface area contributed by atoms with Crippen LogP contribution in [0.5, 0.6) is 0 Å². The zero-order valence-corrected chi connectivity index (χ0v) is 9.54. The predicted molar refractivity (Wildman–Crippen MR) is 57.5 cm³/mol. The Balaban J connectivity index is 0. The van der Waals surface area contributed by atoms with Gasteiger partial charge in [-0.15, -0.1) is 12.6 Å². The Morgan fingerprint density at radius 2 is 1.83 bits per heavy atom. The smallest absolute Gasteiger partial charge is 0.207 e. The number of carbonyl (C=O) groups is 1. The van der Waals surface area contributed by atoms with Crippen LogP contribution in [-0.4, -0.2) is 11.9 Å². The van der Waals surface area contributed by atoms with Gasteiger partial charge in [0.1, 0.15) is 0 Å². The van der Waals surface area contributed by atoms with E-state index < -0.39 is 0 Å². The van der Waals surface area contributed by atoms with Crippen molar-refractivity contribution in [2.24, 2.45) is 0 Å². The van der Waals surface area contributed by atoms with Crippen LogP contribution in [0.25, 0.3) is 0 Å². The summed E-state index contributed by atoms with van der Waals surface area (Å²) >= 11 is 8.91. The third-order valence-electron chi connectivity index (χ3n) is 0.730. The second-order valence-corrected chi connectivity index (χ2v) is 4.28. The molecule has 12 heavy (non-hydrogen) atoms. The van der Waals surface area contributed by atoms with Crippen LogP contribution in [0.15, 0.2) is 10.4 Å². The van der Waals surface area contributed by atoms with Gasteiger partial charge in [0.25, 0.3) is 0 Å². The molecule has 0 aromatic rings. The molecule has 0 atom stereocenters. The maximum atomic E-state index is 9.71. The van der Waals surface area contributed by atoms with Gasteiger partial charge < -0.3 is 5.32 Å². The highest BCUT2D eigenvalue weighted by Gasteiger charge is 2.04. The Hall–Kier alpha value is -0.150. The molecule has 1 N–H and O–H groups in total. The predicted octanol–water partition coefficient (Wildman–Crippen LogP) is 2.55. The van der Waals surface area contributed by atoms with Gasteiger partial charge in [-0.25, -0.2) is 0 Å². The van der Waals surface area contributed by atoms with Crippen LogP contribution in [0, 0.1) is 0 Å². The van der Waals surface area contributed by atoms with Gasteiger partial charge in [-0.3, -0.25) is 4.79 Å². The summed E-state index contributed by atoms with van der Waals surface area (Å²) in [5.74, 6) is 0. The number of nitrogens with one attached hydrogen (secondary N) is 1. The number of hydrogen-bond acceptors (Lipinski definition) is 2. The summed E-state index contributed by atoms with van der Waals surface area (Å²) in [7, 11) is 0. The van der Waals surface area contributed by atoms with Crippen molar-refractivity contribution in [1.82, 2.24) is 5.32 Å². The molecule has 0 radical (unpaired) electrons. The molecular formula is C8H16ClNOS. The van der Waals surface area contributed by atoms with E-state index in [4.69, 9.17) is 11.6 Å². The quantitative estimate of drug-likeness (QED) is 0.505. The summed E-state index contributed by atoms with van der Waals surface area (Å²) in [5.41, 5.74) is -0.0677. The molecule has 4 heteroatoms. The molecule has 0 aliphatic carbocycles. The molecule has 72 valence electrons. The fraction of sp³-hybridized carbons (Fsp3) is 0.625. The van der Waals surface area contributed by atoms with Crippen LogP contribution in [0.2, 0.25) is 0 Å². The third-order valence-corrected chi connectivity index (χ3v) is 1.21. The number of rotatable bonds is 1. The average molecular weight is 210 g/mol. The second kappa shape index (κ2) is 7.50. The molecule has 0 saturated heterocycles. The summed E-state index contributed by atoms with van der Waals surface area (Å²) in [5, 5.41) is 2.60. The first-order valence-electron chi connectivity index (χ1n) is 3.55. The maximum Gasteiger partial charge on any atom is 0.207 e. The Labute approximate surface area is 84.8 Å². The van der Waals surface area contributed by atoms with E-state index in [1.54, 1.807) is 6.08 Å². The first kappa shape index (κ1) is 14.4. The third kappa shape index (κ3) is 22.5. The van der Waals surface area contributed by atoms with Crippen molar-refractivity contribution in [3.05, 3.63) is 10.4 Å². The fourth-order valence-corrected chi connectivity index (χ4v) is 0.177. The van der Waals surface area contributed by atoms with Crippen LogP contribution in [-0.2, 0) is 4.79 Å². The lowest BCUT2D eigenvalue weighted by molar-refractivity contribution is -0.110. The number of allylic oxidation sites excluding steroid dienone is 1. The van der Waals surface area contributed by atoms with Crippen molar-refractivity contribution < 1.29 is 4.79 Å². The van der Waals surface area contributed by atoms with E-state index in [0.717, 1.165) is 0 Å². The van der Waals surface area contributed by atoms with Crippen LogP contribution >= 0.6 is 24.2 Å². The molecule has 0 aliphatic heterocycles. The molecule has 0 heterocycles. The summed E-state index contributed by atoms with van der Waals surface area (Å²) < 4.78 is 0.546. The minimum atomic E-state index is -0.0677. The standard InChI is InChI=1S/C5H11NO.C3H5ClS/c1-5(2,3)6-4-7;1-2-3(4)5/h4H,1-3H3,(H,6,7);2,5H,1H3/b;3-2-. The van der Waals surface area contributed by atoms with Crippen molar-refractivity contribution >= 4 is 30.6 Å². The van der Waals surface area contributed by atoms with E-state index in [-0.39, 0.29) is 5.54 Å². The van der Waals surface area contributed by atoms with Gasteiger partial charge in [0.15, 0.2) is 0 Å². The average Bonchev–Trinajstić information content (AvgIpc) is 1.86. The molecule has 0 unspecified atom stereocenters. The molecule has 0 rings (SSSR count). The number of halogens is 1. The van der Waals surface area contributed by atoms with E-state index in [2.05, 4.69) is 17.9 Å². The first-order valence-corrected chi connectivity index (χ1v) is 4.38. The number of hydrogen-bond donors (Lipinski definition) is 2. The number of thiol groups is 1. The minimum Gasteiger partial charge on any atom is -0.354 e. The summed E-state index contributed by atoms with van der Waals surface area (Å²) in [6, 6.07) is 0. The lowest BCUT2D eigenvalue weighted by Gasteiger charge is -2.15. The summed E-state index contributed by atoms with van der Waals surface area (Å²) in [6.07, 6.45) is 2.42. The molecule has 0 aromatic carbocycles. The minimum absolute atomic E-state index is 0.0677. The SMILES string of the molecule is C/C=C(\S)Cl.CC(C)(C)NC=O. The Kier molecular flexibility index (Phi) is 8.98.